The maximum Gasteiger partial charge on any atom is 0.407 e. The minimum absolute atomic E-state index is 0.0660. The van der Waals surface area contributed by atoms with E-state index in [9.17, 15) is 19.2 Å². The van der Waals surface area contributed by atoms with Crippen LogP contribution in [0.1, 0.15) is 81.7 Å². The summed E-state index contributed by atoms with van der Waals surface area (Å²) in [6, 6.07) is 15.9. The Kier molecular flexibility index (Phi) is 10.6. The fraction of sp³-hybridized carbons (Fsp3) is 0.475. The average molecular weight is 680 g/mol. The van der Waals surface area contributed by atoms with E-state index in [2.05, 4.69) is 39.5 Å². The Hall–Kier alpha value is -4.73. The molecular formula is C40H49N5O5. The number of aryl methyl sites for hydroxylation is 2. The van der Waals surface area contributed by atoms with Gasteiger partial charge in [-0.2, -0.15) is 0 Å². The van der Waals surface area contributed by atoms with Gasteiger partial charge in [-0.25, -0.2) is 9.78 Å². The molecule has 0 unspecified atom stereocenters. The first-order chi connectivity index (χ1) is 23.9. The third-order valence-corrected chi connectivity index (χ3v) is 10.0. The number of fused-ring (bicyclic) bond motifs is 2. The van der Waals surface area contributed by atoms with Gasteiger partial charge in [-0.15, -0.1) is 0 Å². The van der Waals surface area contributed by atoms with Gasteiger partial charge in [-0.05, 0) is 119 Å². The van der Waals surface area contributed by atoms with Crippen molar-refractivity contribution in [2.75, 3.05) is 29.0 Å². The van der Waals surface area contributed by atoms with Crippen LogP contribution in [0.25, 0.3) is 11.1 Å². The van der Waals surface area contributed by atoms with E-state index in [1.807, 2.05) is 52.0 Å². The number of nitrogens with one attached hydrogen (secondary N) is 4. The highest BCUT2D eigenvalue weighted by molar-refractivity contribution is 6.01. The van der Waals surface area contributed by atoms with Crippen molar-refractivity contribution in [2.45, 2.75) is 91.1 Å². The number of hydrogen-bond donors (Lipinski definition) is 4. The van der Waals surface area contributed by atoms with Gasteiger partial charge in [0, 0.05) is 54.0 Å². The number of amides is 3. The minimum atomic E-state index is -0.569. The fourth-order valence-electron chi connectivity index (χ4n) is 7.31. The quantitative estimate of drug-likeness (QED) is 0.181. The van der Waals surface area contributed by atoms with Gasteiger partial charge in [-0.3, -0.25) is 14.4 Å². The molecule has 3 aliphatic rings. The van der Waals surface area contributed by atoms with Gasteiger partial charge in [0.15, 0.2) is 0 Å². The molecular weight excluding hydrogens is 630 g/mol. The molecule has 1 atom stereocenters. The monoisotopic (exact) mass is 679 g/mol. The molecule has 10 heteroatoms. The Morgan fingerprint density at radius 2 is 1.76 bits per heavy atom. The molecule has 4 N–H and O–H groups in total. The van der Waals surface area contributed by atoms with Crippen LogP contribution in [0.3, 0.4) is 0 Å². The predicted octanol–water partition coefficient (Wildman–Crippen LogP) is 7.00. The van der Waals surface area contributed by atoms with Gasteiger partial charge in [0.2, 0.25) is 11.8 Å². The number of Topliss-reactive ketones (excluding diaryl/α,β-unsaturated/α-hetero) is 1. The van der Waals surface area contributed by atoms with Gasteiger partial charge in [0.25, 0.3) is 0 Å². The van der Waals surface area contributed by atoms with E-state index in [1.54, 1.807) is 6.07 Å². The van der Waals surface area contributed by atoms with Crippen LogP contribution in [0.15, 0.2) is 48.5 Å². The molecule has 3 heterocycles. The van der Waals surface area contributed by atoms with E-state index in [1.165, 1.54) is 5.56 Å². The Bertz CT molecular complexity index is 1750. The van der Waals surface area contributed by atoms with Crippen molar-refractivity contribution in [3.63, 3.8) is 0 Å². The zero-order valence-electron chi connectivity index (χ0n) is 29.6. The number of ether oxygens (including phenoxy) is 1. The molecule has 2 aromatic carbocycles. The Balaban J connectivity index is 1.12. The molecule has 3 amide bonds. The molecule has 6 rings (SSSR count). The summed E-state index contributed by atoms with van der Waals surface area (Å²) in [5.74, 6) is 0.397. The van der Waals surface area contributed by atoms with E-state index in [4.69, 9.17) is 9.72 Å². The SMILES string of the molecule is Cc1nc2c(cc1-c1ccc(C[C@H](CC(=O)C3CCC(CNC(=O)OC(C)(C)C)CC3)C(=O)Nc3ccc4c(c3)NC(=O)C4)cc1)CCCN2. The highest BCUT2D eigenvalue weighted by Gasteiger charge is 2.31. The van der Waals surface area contributed by atoms with Crippen molar-refractivity contribution >= 4 is 40.9 Å². The number of aromatic nitrogens is 1. The number of nitrogens with zero attached hydrogens (tertiary/aromatic N) is 1. The maximum atomic E-state index is 13.9. The maximum absolute atomic E-state index is 13.9. The number of anilines is 3. The van der Waals surface area contributed by atoms with E-state index in [-0.39, 0.29) is 35.9 Å². The van der Waals surface area contributed by atoms with Gasteiger partial charge in [0.05, 0.1) is 6.42 Å². The summed E-state index contributed by atoms with van der Waals surface area (Å²) >= 11 is 0. The molecule has 3 aromatic rings. The van der Waals surface area contributed by atoms with Gasteiger partial charge in [0.1, 0.15) is 17.2 Å². The highest BCUT2D eigenvalue weighted by Crippen LogP contribution is 2.33. The van der Waals surface area contributed by atoms with Crippen LogP contribution in [0.5, 0.6) is 0 Å². The highest BCUT2D eigenvalue weighted by atomic mass is 16.6. The lowest BCUT2D eigenvalue weighted by Crippen LogP contribution is -2.37. The molecule has 50 heavy (non-hydrogen) atoms. The molecule has 1 aliphatic carbocycles. The lowest BCUT2D eigenvalue weighted by atomic mass is 9.77. The molecule has 0 bridgehead atoms. The molecule has 1 fully saturated rings. The second-order valence-corrected chi connectivity index (χ2v) is 15.1. The Morgan fingerprint density at radius 1 is 1.00 bits per heavy atom. The molecule has 2 aliphatic heterocycles. The summed E-state index contributed by atoms with van der Waals surface area (Å²) in [6.07, 6.45) is 5.69. The van der Waals surface area contributed by atoms with Crippen LogP contribution in [0.4, 0.5) is 22.0 Å². The molecule has 0 spiro atoms. The Labute approximate surface area is 294 Å². The molecule has 0 radical (unpaired) electrons. The van der Waals surface area contributed by atoms with E-state index in [0.717, 1.165) is 78.8 Å². The first kappa shape index (κ1) is 35.1. The normalized spacial score (nSPS) is 18.9. The van der Waals surface area contributed by atoms with Crippen molar-refractivity contribution in [3.8, 4) is 11.1 Å². The number of hydrogen-bond acceptors (Lipinski definition) is 7. The number of carbonyl (C=O) groups is 4. The van der Waals surface area contributed by atoms with Crippen LogP contribution < -0.4 is 21.3 Å². The minimum Gasteiger partial charge on any atom is -0.444 e. The number of benzene rings is 2. The molecule has 1 aromatic heterocycles. The van der Waals surface area contributed by atoms with E-state index in [0.29, 0.717) is 30.8 Å². The lowest BCUT2D eigenvalue weighted by Gasteiger charge is -2.29. The van der Waals surface area contributed by atoms with Crippen LogP contribution in [0, 0.1) is 24.7 Å². The summed E-state index contributed by atoms with van der Waals surface area (Å²) in [5.41, 5.74) is 6.99. The fourth-order valence-corrected chi connectivity index (χ4v) is 7.31. The topological polar surface area (TPSA) is 139 Å². The number of alkyl carbamates (subject to hydrolysis) is 1. The zero-order valence-corrected chi connectivity index (χ0v) is 29.6. The van der Waals surface area contributed by atoms with Crippen LogP contribution in [-0.4, -0.2) is 47.4 Å². The van der Waals surface area contributed by atoms with E-state index < -0.39 is 17.6 Å². The van der Waals surface area contributed by atoms with Gasteiger partial charge >= 0.3 is 6.09 Å². The van der Waals surface area contributed by atoms with Crippen LogP contribution in [-0.2, 0) is 38.4 Å². The van der Waals surface area contributed by atoms with Gasteiger partial charge < -0.3 is 26.0 Å². The molecule has 10 nitrogen and oxygen atoms in total. The third-order valence-electron chi connectivity index (χ3n) is 10.0. The summed E-state index contributed by atoms with van der Waals surface area (Å²) in [4.78, 5) is 56.4. The van der Waals surface area contributed by atoms with E-state index >= 15 is 0 Å². The zero-order chi connectivity index (χ0) is 35.4. The van der Waals surface area contributed by atoms with Crippen molar-refractivity contribution in [1.29, 1.82) is 0 Å². The van der Waals surface area contributed by atoms with Crippen molar-refractivity contribution in [2.24, 2.45) is 17.8 Å². The van der Waals surface area contributed by atoms with Crippen LogP contribution >= 0.6 is 0 Å². The first-order valence-electron chi connectivity index (χ1n) is 18.0. The van der Waals surface area contributed by atoms with Crippen molar-refractivity contribution in [3.05, 3.63) is 70.9 Å². The second kappa shape index (κ2) is 15.0. The smallest absolute Gasteiger partial charge is 0.407 e. The first-order valence-corrected chi connectivity index (χ1v) is 18.0. The number of carbonyl (C=O) groups excluding carboxylic acids is 4. The summed E-state index contributed by atoms with van der Waals surface area (Å²) in [5, 5.41) is 12.1. The number of pyridine rings is 1. The molecule has 1 saturated carbocycles. The number of rotatable bonds is 10. The predicted molar refractivity (Wildman–Crippen MR) is 195 cm³/mol. The van der Waals surface area contributed by atoms with Gasteiger partial charge in [-0.1, -0.05) is 30.3 Å². The number of ketones is 1. The second-order valence-electron chi connectivity index (χ2n) is 15.1. The summed E-state index contributed by atoms with van der Waals surface area (Å²) in [6.45, 7) is 9.01. The van der Waals surface area contributed by atoms with Crippen molar-refractivity contribution < 1.29 is 23.9 Å². The Morgan fingerprint density at radius 3 is 2.50 bits per heavy atom. The third kappa shape index (κ3) is 8.89. The lowest BCUT2D eigenvalue weighted by molar-refractivity contribution is -0.129. The van der Waals surface area contributed by atoms with Crippen LogP contribution in [0.2, 0.25) is 0 Å². The average Bonchev–Trinajstić information content (AvgIpc) is 3.45. The summed E-state index contributed by atoms with van der Waals surface area (Å²) < 4.78 is 5.36. The largest absolute Gasteiger partial charge is 0.444 e. The van der Waals surface area contributed by atoms with Crippen molar-refractivity contribution in [1.82, 2.24) is 10.3 Å². The molecule has 264 valence electrons. The molecule has 0 saturated heterocycles. The summed E-state index contributed by atoms with van der Waals surface area (Å²) in [7, 11) is 0. The standard InChI is InChI=1S/C40H49N5O5/c1-24-33(19-30-6-5-17-41-37(30)43-24)27-11-7-25(8-12-27)18-31(38(48)44-32-16-15-29-21-36(47)45-34(29)22-32)20-35(46)28-13-9-26(10-14-28)23-42-39(49)50-40(2,3)4/h7-8,11-12,15-16,19,22,26,28,31H,5-6,9-10,13-14,17-18,20-21,23H2,1-4H3,(H,41,43)(H,42,49)(H,44,48)(H,45,47)/t26?,28?,31-/m1/s1.